The van der Waals surface area contributed by atoms with Crippen LogP contribution in [-0.4, -0.2) is 24.6 Å². The summed E-state index contributed by atoms with van der Waals surface area (Å²) < 4.78 is 25.7. The summed E-state index contributed by atoms with van der Waals surface area (Å²) in [6.45, 7) is 2.17. The van der Waals surface area contributed by atoms with Gasteiger partial charge in [0.2, 0.25) is 15.7 Å². The lowest BCUT2D eigenvalue weighted by atomic mass is 10.2. The summed E-state index contributed by atoms with van der Waals surface area (Å²) in [5.74, 6) is -0.283. The molecule has 0 aromatic heterocycles. The van der Waals surface area contributed by atoms with Crippen molar-refractivity contribution in [2.75, 3.05) is 0 Å². The number of rotatable bonds is 4. The normalized spacial score (nSPS) is 17.7. The maximum absolute atomic E-state index is 12.8. The summed E-state index contributed by atoms with van der Waals surface area (Å²) in [4.78, 5) is 13.7. The summed E-state index contributed by atoms with van der Waals surface area (Å²) in [6.07, 6.45) is 2.79. The van der Waals surface area contributed by atoms with E-state index in [9.17, 15) is 13.2 Å². The van der Waals surface area contributed by atoms with Crippen molar-refractivity contribution in [2.24, 2.45) is 0 Å². The van der Waals surface area contributed by atoms with E-state index >= 15 is 0 Å². The lowest BCUT2D eigenvalue weighted by Gasteiger charge is -2.24. The Hall–Kier alpha value is -2.40. The molecule has 0 saturated heterocycles. The molecule has 1 amide bonds. The van der Waals surface area contributed by atoms with E-state index in [0.717, 1.165) is 11.1 Å². The monoisotopic (exact) mass is 327 g/mol. The van der Waals surface area contributed by atoms with E-state index in [1.807, 2.05) is 37.3 Å². The van der Waals surface area contributed by atoms with Crippen molar-refractivity contribution in [1.82, 2.24) is 4.90 Å². The summed E-state index contributed by atoms with van der Waals surface area (Å²) in [5.41, 5.74) is 1.89. The number of carbonyl (C=O) groups excluding carboxylic acids is 1. The standard InChI is InChI=1S/C18H17NO3S/c1-14-7-9-16(10-8-14)23(21,22)18-12-11-17(20)19(18)13-15-5-3-2-4-6-15/h2-12,18H,13H2,1H3/t18-/m0/s1. The zero-order valence-corrected chi connectivity index (χ0v) is 13.5. The van der Waals surface area contributed by atoms with Crippen LogP contribution in [0.4, 0.5) is 0 Å². The second-order valence-corrected chi connectivity index (χ2v) is 7.60. The number of benzene rings is 2. The van der Waals surface area contributed by atoms with E-state index in [2.05, 4.69) is 0 Å². The summed E-state index contributed by atoms with van der Waals surface area (Å²) in [6, 6.07) is 16.1. The topological polar surface area (TPSA) is 54.5 Å². The van der Waals surface area contributed by atoms with Crippen LogP contribution >= 0.6 is 0 Å². The van der Waals surface area contributed by atoms with E-state index in [4.69, 9.17) is 0 Å². The first-order valence-electron chi connectivity index (χ1n) is 7.32. The lowest BCUT2D eigenvalue weighted by Crippen LogP contribution is -2.38. The number of hydrogen-bond donors (Lipinski definition) is 0. The summed E-state index contributed by atoms with van der Waals surface area (Å²) in [5, 5.41) is -0.960. The molecule has 0 saturated carbocycles. The van der Waals surface area contributed by atoms with E-state index in [1.54, 1.807) is 24.3 Å². The first kappa shape index (κ1) is 15.5. The molecule has 4 nitrogen and oxygen atoms in total. The van der Waals surface area contributed by atoms with Crippen LogP contribution in [0.3, 0.4) is 0 Å². The minimum Gasteiger partial charge on any atom is -0.314 e. The Kier molecular flexibility index (Phi) is 4.05. The summed E-state index contributed by atoms with van der Waals surface area (Å²) >= 11 is 0. The molecular weight excluding hydrogens is 310 g/mol. The van der Waals surface area contributed by atoms with Crippen molar-refractivity contribution in [1.29, 1.82) is 0 Å². The third-order valence-corrected chi connectivity index (χ3v) is 5.83. The molecule has 0 unspecified atom stereocenters. The van der Waals surface area contributed by atoms with Gasteiger partial charge in [0, 0.05) is 12.6 Å². The van der Waals surface area contributed by atoms with Crippen LogP contribution in [0.25, 0.3) is 0 Å². The fourth-order valence-electron chi connectivity index (χ4n) is 2.58. The number of sulfone groups is 1. The van der Waals surface area contributed by atoms with Gasteiger partial charge < -0.3 is 4.90 Å². The molecule has 3 rings (SSSR count). The molecule has 118 valence electrons. The van der Waals surface area contributed by atoms with Gasteiger partial charge in [0.15, 0.2) is 5.37 Å². The van der Waals surface area contributed by atoms with Crippen LogP contribution < -0.4 is 0 Å². The van der Waals surface area contributed by atoms with Gasteiger partial charge in [0.05, 0.1) is 4.90 Å². The fraction of sp³-hybridized carbons (Fsp3) is 0.167. The Morgan fingerprint density at radius 1 is 1.00 bits per heavy atom. The molecule has 0 spiro atoms. The van der Waals surface area contributed by atoms with Gasteiger partial charge in [-0.05, 0) is 30.7 Å². The molecule has 0 N–H and O–H groups in total. The minimum absolute atomic E-state index is 0.227. The lowest BCUT2D eigenvalue weighted by molar-refractivity contribution is -0.125. The fourth-order valence-corrected chi connectivity index (χ4v) is 4.17. The van der Waals surface area contributed by atoms with Gasteiger partial charge in [-0.3, -0.25) is 4.79 Å². The SMILES string of the molecule is Cc1ccc(S(=O)(=O)[C@H]2C=CC(=O)N2Cc2ccccc2)cc1. The summed E-state index contributed by atoms with van der Waals surface area (Å²) in [7, 11) is -3.64. The second kappa shape index (κ2) is 6.01. The molecule has 1 aliphatic rings. The quantitative estimate of drug-likeness (QED) is 0.867. The predicted molar refractivity (Wildman–Crippen MR) is 88.3 cm³/mol. The van der Waals surface area contributed by atoms with E-state index < -0.39 is 15.2 Å². The van der Waals surface area contributed by atoms with Crippen molar-refractivity contribution < 1.29 is 13.2 Å². The Bertz CT molecular complexity index is 840. The van der Waals surface area contributed by atoms with Gasteiger partial charge in [-0.2, -0.15) is 0 Å². The molecule has 1 aliphatic heterocycles. The number of hydrogen-bond acceptors (Lipinski definition) is 3. The van der Waals surface area contributed by atoms with E-state index in [-0.39, 0.29) is 17.3 Å². The van der Waals surface area contributed by atoms with Crippen molar-refractivity contribution >= 4 is 15.7 Å². The van der Waals surface area contributed by atoms with Crippen molar-refractivity contribution in [3.8, 4) is 0 Å². The maximum Gasteiger partial charge on any atom is 0.247 e. The molecule has 2 aromatic rings. The third kappa shape index (κ3) is 3.05. The van der Waals surface area contributed by atoms with Crippen LogP contribution in [0.1, 0.15) is 11.1 Å². The van der Waals surface area contributed by atoms with E-state index in [0.29, 0.717) is 0 Å². The average molecular weight is 327 g/mol. The largest absolute Gasteiger partial charge is 0.314 e. The third-order valence-electron chi connectivity index (χ3n) is 3.86. The van der Waals surface area contributed by atoms with Crippen LogP contribution in [0.15, 0.2) is 71.6 Å². The molecule has 0 aliphatic carbocycles. The molecule has 2 aromatic carbocycles. The Balaban J connectivity index is 1.92. The van der Waals surface area contributed by atoms with Gasteiger partial charge in [-0.1, -0.05) is 48.0 Å². The first-order valence-corrected chi connectivity index (χ1v) is 8.86. The number of amides is 1. The zero-order chi connectivity index (χ0) is 16.4. The highest BCUT2D eigenvalue weighted by Gasteiger charge is 2.36. The van der Waals surface area contributed by atoms with Crippen LogP contribution in [0, 0.1) is 6.92 Å². The molecule has 23 heavy (non-hydrogen) atoms. The molecule has 0 fully saturated rings. The minimum atomic E-state index is -3.64. The molecule has 1 atom stereocenters. The molecule has 5 heteroatoms. The number of nitrogens with zero attached hydrogens (tertiary/aromatic N) is 1. The van der Waals surface area contributed by atoms with E-state index in [1.165, 1.54) is 17.1 Å². The van der Waals surface area contributed by atoms with Crippen LogP contribution in [0.2, 0.25) is 0 Å². The first-order chi connectivity index (χ1) is 11.0. The highest BCUT2D eigenvalue weighted by Crippen LogP contribution is 2.26. The smallest absolute Gasteiger partial charge is 0.247 e. The van der Waals surface area contributed by atoms with Gasteiger partial charge >= 0.3 is 0 Å². The molecule has 0 radical (unpaired) electrons. The second-order valence-electron chi connectivity index (χ2n) is 5.56. The van der Waals surface area contributed by atoms with Gasteiger partial charge in [-0.25, -0.2) is 8.42 Å². The van der Waals surface area contributed by atoms with Gasteiger partial charge in [0.25, 0.3) is 0 Å². The average Bonchev–Trinajstić information content (AvgIpc) is 2.90. The van der Waals surface area contributed by atoms with Crippen molar-refractivity contribution in [2.45, 2.75) is 23.7 Å². The van der Waals surface area contributed by atoms with Crippen LogP contribution in [0.5, 0.6) is 0 Å². The number of aryl methyl sites for hydroxylation is 1. The van der Waals surface area contributed by atoms with Crippen molar-refractivity contribution in [3.05, 3.63) is 77.9 Å². The maximum atomic E-state index is 12.8. The Morgan fingerprint density at radius 3 is 2.30 bits per heavy atom. The predicted octanol–water partition coefficient (Wildman–Crippen LogP) is 2.69. The zero-order valence-electron chi connectivity index (χ0n) is 12.7. The highest BCUT2D eigenvalue weighted by atomic mass is 32.2. The van der Waals surface area contributed by atoms with Crippen LogP contribution in [-0.2, 0) is 21.2 Å². The Labute approximate surface area is 136 Å². The number of carbonyl (C=O) groups is 1. The Morgan fingerprint density at radius 2 is 1.65 bits per heavy atom. The highest BCUT2D eigenvalue weighted by molar-refractivity contribution is 7.92. The van der Waals surface area contributed by atoms with Gasteiger partial charge in [0.1, 0.15) is 0 Å². The van der Waals surface area contributed by atoms with Crippen molar-refractivity contribution in [3.63, 3.8) is 0 Å². The van der Waals surface area contributed by atoms with Gasteiger partial charge in [-0.15, -0.1) is 0 Å². The molecule has 1 heterocycles. The molecular formula is C18H17NO3S. The molecule has 0 bridgehead atoms.